The quantitative estimate of drug-likeness (QED) is 0.537. The van der Waals surface area contributed by atoms with Gasteiger partial charge in [0.15, 0.2) is 11.0 Å². The Hall–Kier alpha value is -2.91. The van der Waals surface area contributed by atoms with E-state index in [-0.39, 0.29) is 17.2 Å². The first-order chi connectivity index (χ1) is 14.3. The highest BCUT2D eigenvalue weighted by molar-refractivity contribution is 7.99. The summed E-state index contributed by atoms with van der Waals surface area (Å²) in [5.74, 6) is -0.721. The van der Waals surface area contributed by atoms with Gasteiger partial charge < -0.3 is 15.2 Å². The normalized spacial score (nSPS) is 11.7. The fourth-order valence-electron chi connectivity index (χ4n) is 2.67. The molecule has 1 unspecified atom stereocenters. The number of nitrogens with one attached hydrogen (secondary N) is 2. The number of amides is 2. The molecule has 0 aliphatic rings. The molecule has 0 fully saturated rings. The predicted octanol–water partition coefficient (Wildman–Crippen LogP) is 3.83. The van der Waals surface area contributed by atoms with E-state index in [1.165, 1.54) is 30.0 Å². The van der Waals surface area contributed by atoms with Crippen LogP contribution in [-0.2, 0) is 11.8 Å². The molecule has 0 spiro atoms. The number of carbonyl (C=O) groups is 2. The van der Waals surface area contributed by atoms with Crippen molar-refractivity contribution in [3.8, 4) is 0 Å². The van der Waals surface area contributed by atoms with Crippen LogP contribution in [0.5, 0.6) is 0 Å². The van der Waals surface area contributed by atoms with Gasteiger partial charge in [0.25, 0.3) is 5.91 Å². The van der Waals surface area contributed by atoms with Gasteiger partial charge in [0.2, 0.25) is 5.91 Å². The van der Waals surface area contributed by atoms with Gasteiger partial charge in [-0.3, -0.25) is 9.59 Å². The minimum atomic E-state index is -0.594. The van der Waals surface area contributed by atoms with Crippen molar-refractivity contribution in [2.45, 2.75) is 18.1 Å². The minimum absolute atomic E-state index is 0.0417. The second-order valence-electron chi connectivity index (χ2n) is 6.42. The Morgan fingerprint density at radius 3 is 2.57 bits per heavy atom. The fraction of sp³-hybridized carbons (Fsp3) is 0.200. The van der Waals surface area contributed by atoms with E-state index in [2.05, 4.69) is 20.8 Å². The molecule has 0 aliphatic carbocycles. The zero-order valence-electron chi connectivity index (χ0n) is 16.2. The lowest BCUT2D eigenvalue weighted by molar-refractivity contribution is -0.113. The van der Waals surface area contributed by atoms with Gasteiger partial charge in [0.1, 0.15) is 5.82 Å². The number of carbonyl (C=O) groups excluding carboxylic acids is 2. The monoisotopic (exact) mass is 447 g/mol. The molecule has 2 aromatic carbocycles. The summed E-state index contributed by atoms with van der Waals surface area (Å²) >= 11 is 7.04. The van der Waals surface area contributed by atoms with Gasteiger partial charge in [-0.15, -0.1) is 10.2 Å². The van der Waals surface area contributed by atoms with Gasteiger partial charge in [0.05, 0.1) is 17.4 Å². The van der Waals surface area contributed by atoms with Crippen LogP contribution in [0.2, 0.25) is 5.02 Å². The highest BCUT2D eigenvalue weighted by Crippen LogP contribution is 2.20. The number of aromatic nitrogens is 3. The number of halogens is 2. The number of benzene rings is 2. The average Bonchev–Trinajstić information content (AvgIpc) is 3.09. The third kappa shape index (κ3) is 5.37. The number of hydrogen-bond donors (Lipinski definition) is 2. The molecule has 1 aromatic heterocycles. The zero-order valence-corrected chi connectivity index (χ0v) is 17.8. The van der Waals surface area contributed by atoms with Crippen molar-refractivity contribution in [2.75, 3.05) is 11.1 Å². The summed E-state index contributed by atoms with van der Waals surface area (Å²) in [6.45, 7) is 1.73. The smallest absolute Gasteiger partial charge is 0.254 e. The third-order valence-electron chi connectivity index (χ3n) is 4.18. The van der Waals surface area contributed by atoms with E-state index in [4.69, 9.17) is 11.6 Å². The summed E-state index contributed by atoms with van der Waals surface area (Å²) in [5.41, 5.74) is 0.605. The van der Waals surface area contributed by atoms with E-state index >= 15 is 0 Å². The van der Waals surface area contributed by atoms with E-state index in [1.54, 1.807) is 48.9 Å². The molecule has 0 saturated heterocycles. The molecule has 0 bridgehead atoms. The summed E-state index contributed by atoms with van der Waals surface area (Å²) in [6.07, 6.45) is 0. The molecule has 3 aromatic rings. The molecule has 0 radical (unpaired) electrons. The molecular weight excluding hydrogens is 429 g/mol. The fourth-order valence-corrected chi connectivity index (χ4v) is 3.52. The van der Waals surface area contributed by atoms with E-state index in [0.717, 1.165) is 0 Å². The van der Waals surface area contributed by atoms with Crippen LogP contribution in [0.25, 0.3) is 0 Å². The molecule has 3 rings (SSSR count). The number of anilines is 1. The molecular formula is C20H19ClFN5O2S. The summed E-state index contributed by atoms with van der Waals surface area (Å²) in [6, 6.07) is 12.1. The summed E-state index contributed by atoms with van der Waals surface area (Å²) in [5, 5.41) is 14.8. The van der Waals surface area contributed by atoms with Crippen LogP contribution < -0.4 is 10.6 Å². The van der Waals surface area contributed by atoms with Crippen molar-refractivity contribution < 1.29 is 14.0 Å². The van der Waals surface area contributed by atoms with Crippen LogP contribution in [-0.4, -0.2) is 32.3 Å². The zero-order chi connectivity index (χ0) is 21.7. The Balaban J connectivity index is 1.58. The van der Waals surface area contributed by atoms with Gasteiger partial charge in [-0.25, -0.2) is 4.39 Å². The van der Waals surface area contributed by atoms with Crippen LogP contribution in [0.1, 0.15) is 29.1 Å². The largest absolute Gasteiger partial charge is 0.342 e. The number of hydrogen-bond acceptors (Lipinski definition) is 5. The van der Waals surface area contributed by atoms with Crippen LogP contribution in [0, 0.1) is 5.82 Å². The SMILES string of the molecule is CC(NC(=O)c1ccccc1F)c1nnc(SCC(=O)Nc2ccc(Cl)cc2)n1C. The molecule has 2 N–H and O–H groups in total. The van der Waals surface area contributed by atoms with Crippen LogP contribution in [0.4, 0.5) is 10.1 Å². The van der Waals surface area contributed by atoms with Crippen molar-refractivity contribution in [3.63, 3.8) is 0 Å². The van der Waals surface area contributed by atoms with Crippen molar-refractivity contribution >= 4 is 40.9 Å². The van der Waals surface area contributed by atoms with Gasteiger partial charge in [0, 0.05) is 17.8 Å². The van der Waals surface area contributed by atoms with Crippen molar-refractivity contribution in [1.29, 1.82) is 0 Å². The lowest BCUT2D eigenvalue weighted by Gasteiger charge is -2.14. The number of rotatable bonds is 7. The van der Waals surface area contributed by atoms with Crippen molar-refractivity contribution in [3.05, 3.63) is 70.8 Å². The summed E-state index contributed by atoms with van der Waals surface area (Å²) in [4.78, 5) is 24.4. The summed E-state index contributed by atoms with van der Waals surface area (Å²) in [7, 11) is 1.74. The maximum absolute atomic E-state index is 13.8. The lowest BCUT2D eigenvalue weighted by atomic mass is 10.2. The van der Waals surface area contributed by atoms with Gasteiger partial charge in [-0.1, -0.05) is 35.5 Å². The molecule has 156 valence electrons. The Morgan fingerprint density at radius 2 is 1.87 bits per heavy atom. The van der Waals surface area contributed by atoms with Gasteiger partial charge in [-0.05, 0) is 43.3 Å². The Kier molecular flexibility index (Phi) is 7.07. The molecule has 10 heteroatoms. The molecule has 1 heterocycles. The van der Waals surface area contributed by atoms with Crippen molar-refractivity contribution in [2.24, 2.45) is 7.05 Å². The highest BCUT2D eigenvalue weighted by Gasteiger charge is 2.20. The standard InChI is InChI=1S/C20H19ClFN5O2S/c1-12(23-19(29)15-5-3-4-6-16(15)22)18-25-26-20(27(18)2)30-11-17(28)24-14-9-7-13(21)8-10-14/h3-10,12H,11H2,1-2H3,(H,23,29)(H,24,28). The summed E-state index contributed by atoms with van der Waals surface area (Å²) < 4.78 is 15.5. The Morgan fingerprint density at radius 1 is 1.17 bits per heavy atom. The highest BCUT2D eigenvalue weighted by atomic mass is 35.5. The Bertz CT molecular complexity index is 1060. The second-order valence-corrected chi connectivity index (χ2v) is 7.80. The molecule has 7 nitrogen and oxygen atoms in total. The van der Waals surface area contributed by atoms with Crippen LogP contribution >= 0.6 is 23.4 Å². The third-order valence-corrected chi connectivity index (χ3v) is 5.45. The first kappa shape index (κ1) is 21.8. The van der Waals surface area contributed by atoms with Crippen LogP contribution in [0.3, 0.4) is 0 Å². The van der Waals surface area contributed by atoms with E-state index < -0.39 is 17.8 Å². The van der Waals surface area contributed by atoms with Crippen molar-refractivity contribution in [1.82, 2.24) is 20.1 Å². The molecule has 0 aliphatic heterocycles. The van der Waals surface area contributed by atoms with E-state index in [9.17, 15) is 14.0 Å². The topological polar surface area (TPSA) is 88.9 Å². The van der Waals surface area contributed by atoms with E-state index in [0.29, 0.717) is 21.7 Å². The predicted molar refractivity (Wildman–Crippen MR) is 114 cm³/mol. The first-order valence-electron chi connectivity index (χ1n) is 8.98. The second kappa shape index (κ2) is 9.73. The number of nitrogens with zero attached hydrogens (tertiary/aromatic N) is 3. The number of thioether (sulfide) groups is 1. The van der Waals surface area contributed by atoms with Gasteiger partial charge >= 0.3 is 0 Å². The molecule has 1 atom stereocenters. The molecule has 30 heavy (non-hydrogen) atoms. The molecule has 2 amide bonds. The molecule has 0 saturated carbocycles. The maximum atomic E-state index is 13.8. The van der Waals surface area contributed by atoms with E-state index in [1.807, 2.05) is 0 Å². The average molecular weight is 448 g/mol. The Labute approximate surface area is 182 Å². The van der Waals surface area contributed by atoms with Gasteiger partial charge in [-0.2, -0.15) is 0 Å². The minimum Gasteiger partial charge on any atom is -0.342 e. The lowest BCUT2D eigenvalue weighted by Crippen LogP contribution is -2.29. The van der Waals surface area contributed by atoms with Crippen LogP contribution in [0.15, 0.2) is 53.7 Å². The first-order valence-corrected chi connectivity index (χ1v) is 10.3. The maximum Gasteiger partial charge on any atom is 0.254 e.